The quantitative estimate of drug-likeness (QED) is 0.814. The van der Waals surface area contributed by atoms with Crippen LogP contribution in [0.25, 0.3) is 5.65 Å². The minimum atomic E-state index is -0.464. The number of nitrogens with one attached hydrogen (secondary N) is 1. The lowest BCUT2D eigenvalue weighted by atomic mass is 10.4. The van der Waals surface area contributed by atoms with Crippen molar-refractivity contribution in [3.63, 3.8) is 0 Å². The Balaban J connectivity index is 2.27. The Morgan fingerprint density at radius 2 is 2.47 bits per heavy atom. The average Bonchev–Trinajstić information content (AvgIpc) is 2.67. The van der Waals surface area contributed by atoms with E-state index >= 15 is 0 Å². The Hall–Kier alpha value is -2.04. The van der Waals surface area contributed by atoms with Crippen LogP contribution in [0.1, 0.15) is 6.92 Å². The number of aromatic nitrogens is 2. The summed E-state index contributed by atoms with van der Waals surface area (Å²) in [4.78, 5) is 15.3. The number of nitrogens with zero attached hydrogens (tertiary/aromatic N) is 2. The van der Waals surface area contributed by atoms with Crippen LogP contribution < -0.4 is 5.32 Å². The summed E-state index contributed by atoms with van der Waals surface area (Å²) in [5.74, 6) is 0. The molecule has 1 N–H and O–H groups in total. The molecule has 2 aromatic heterocycles. The van der Waals surface area contributed by atoms with Gasteiger partial charge < -0.3 is 9.14 Å². The zero-order valence-corrected chi connectivity index (χ0v) is 8.30. The van der Waals surface area contributed by atoms with Crippen molar-refractivity contribution in [3.05, 3.63) is 30.7 Å². The van der Waals surface area contributed by atoms with Gasteiger partial charge in [0.2, 0.25) is 0 Å². The molecule has 0 spiro atoms. The first-order chi connectivity index (χ1) is 7.31. The predicted molar refractivity (Wildman–Crippen MR) is 55.8 cm³/mol. The summed E-state index contributed by atoms with van der Waals surface area (Å²) in [7, 11) is 0. The Kier molecular flexibility index (Phi) is 2.53. The van der Waals surface area contributed by atoms with Crippen LogP contribution >= 0.6 is 0 Å². The van der Waals surface area contributed by atoms with Crippen molar-refractivity contribution in [3.8, 4) is 0 Å². The maximum absolute atomic E-state index is 11.2. The van der Waals surface area contributed by atoms with Crippen LogP contribution in [0.3, 0.4) is 0 Å². The molecule has 0 bridgehead atoms. The normalized spacial score (nSPS) is 10.2. The summed E-state index contributed by atoms with van der Waals surface area (Å²) in [5, 5.41) is 2.63. The van der Waals surface area contributed by atoms with Crippen LogP contribution in [0.2, 0.25) is 0 Å². The van der Waals surface area contributed by atoms with Gasteiger partial charge >= 0.3 is 6.09 Å². The van der Waals surface area contributed by atoms with Gasteiger partial charge in [-0.15, -0.1) is 0 Å². The van der Waals surface area contributed by atoms with Gasteiger partial charge in [-0.1, -0.05) is 0 Å². The van der Waals surface area contributed by atoms with Crippen LogP contribution in [-0.4, -0.2) is 22.1 Å². The molecule has 78 valence electrons. The predicted octanol–water partition coefficient (Wildman–Crippen LogP) is 1.90. The third kappa shape index (κ3) is 1.90. The van der Waals surface area contributed by atoms with Crippen LogP contribution in [0.15, 0.2) is 30.7 Å². The number of hydrogen-bond acceptors (Lipinski definition) is 3. The van der Waals surface area contributed by atoms with Gasteiger partial charge in [0.1, 0.15) is 0 Å². The zero-order valence-electron chi connectivity index (χ0n) is 8.30. The molecule has 0 aromatic carbocycles. The molecule has 0 aliphatic heterocycles. The number of carbonyl (C=O) groups excluding carboxylic acids is 1. The Morgan fingerprint density at radius 3 is 3.27 bits per heavy atom. The fraction of sp³-hybridized carbons (Fsp3) is 0.200. The lowest BCUT2D eigenvalue weighted by Crippen LogP contribution is -2.13. The van der Waals surface area contributed by atoms with E-state index in [1.807, 2.05) is 22.9 Å². The van der Waals surface area contributed by atoms with Crippen LogP contribution in [0.4, 0.5) is 10.5 Å². The molecule has 2 aromatic rings. The van der Waals surface area contributed by atoms with E-state index in [0.29, 0.717) is 17.9 Å². The van der Waals surface area contributed by atoms with E-state index in [2.05, 4.69) is 10.3 Å². The third-order valence-corrected chi connectivity index (χ3v) is 1.93. The lowest BCUT2D eigenvalue weighted by Gasteiger charge is -2.05. The maximum Gasteiger partial charge on any atom is 0.411 e. The fourth-order valence-electron chi connectivity index (χ4n) is 1.32. The molecule has 15 heavy (non-hydrogen) atoms. The van der Waals surface area contributed by atoms with Crippen molar-refractivity contribution in [1.29, 1.82) is 0 Å². The third-order valence-electron chi connectivity index (χ3n) is 1.93. The van der Waals surface area contributed by atoms with E-state index in [4.69, 9.17) is 4.74 Å². The summed E-state index contributed by atoms with van der Waals surface area (Å²) in [6.07, 6.45) is 4.88. The number of fused-ring (bicyclic) bond motifs is 1. The first-order valence-electron chi connectivity index (χ1n) is 4.66. The number of amides is 1. The lowest BCUT2D eigenvalue weighted by molar-refractivity contribution is 0.168. The first-order valence-corrected chi connectivity index (χ1v) is 4.66. The Morgan fingerprint density at radius 1 is 1.60 bits per heavy atom. The molecular weight excluding hydrogens is 194 g/mol. The average molecular weight is 205 g/mol. The van der Waals surface area contributed by atoms with Gasteiger partial charge in [0.05, 0.1) is 12.3 Å². The second kappa shape index (κ2) is 4.00. The van der Waals surface area contributed by atoms with Gasteiger partial charge in [0.15, 0.2) is 5.65 Å². The summed E-state index contributed by atoms with van der Waals surface area (Å²) in [6.45, 7) is 2.11. The molecule has 0 radical (unpaired) electrons. The van der Waals surface area contributed by atoms with Gasteiger partial charge in [-0.3, -0.25) is 5.32 Å². The summed E-state index contributed by atoms with van der Waals surface area (Å²) >= 11 is 0. The number of hydrogen-bond donors (Lipinski definition) is 1. The zero-order chi connectivity index (χ0) is 10.7. The highest BCUT2D eigenvalue weighted by atomic mass is 16.5. The molecule has 0 aliphatic rings. The van der Waals surface area contributed by atoms with Crippen LogP contribution in [0.5, 0.6) is 0 Å². The topological polar surface area (TPSA) is 55.6 Å². The molecular formula is C10H11N3O2. The van der Waals surface area contributed by atoms with Gasteiger partial charge in [0, 0.05) is 18.6 Å². The molecule has 2 heterocycles. The fourth-order valence-corrected chi connectivity index (χ4v) is 1.32. The Labute approximate surface area is 86.7 Å². The molecule has 0 atom stereocenters. The molecule has 5 nitrogen and oxygen atoms in total. The largest absolute Gasteiger partial charge is 0.450 e. The van der Waals surface area contributed by atoms with E-state index in [9.17, 15) is 4.79 Å². The monoisotopic (exact) mass is 205 g/mol. The second-order valence-electron chi connectivity index (χ2n) is 2.93. The highest BCUT2D eigenvalue weighted by molar-refractivity contribution is 5.89. The molecule has 0 unspecified atom stereocenters. The van der Waals surface area contributed by atoms with Crippen molar-refractivity contribution in [2.24, 2.45) is 0 Å². The van der Waals surface area contributed by atoms with E-state index in [1.165, 1.54) is 0 Å². The van der Waals surface area contributed by atoms with Crippen molar-refractivity contribution in [2.45, 2.75) is 6.92 Å². The molecule has 5 heteroatoms. The number of pyridine rings is 1. The summed E-state index contributed by atoms with van der Waals surface area (Å²) < 4.78 is 6.61. The van der Waals surface area contributed by atoms with Crippen LogP contribution in [0, 0.1) is 0 Å². The van der Waals surface area contributed by atoms with Gasteiger partial charge in [-0.25, -0.2) is 9.78 Å². The van der Waals surface area contributed by atoms with Crippen molar-refractivity contribution in [2.75, 3.05) is 11.9 Å². The van der Waals surface area contributed by atoms with E-state index in [-0.39, 0.29) is 0 Å². The molecule has 0 saturated heterocycles. The van der Waals surface area contributed by atoms with Crippen molar-refractivity contribution < 1.29 is 9.53 Å². The summed E-state index contributed by atoms with van der Waals surface area (Å²) in [5.41, 5.74) is 1.34. The number of rotatable bonds is 2. The van der Waals surface area contributed by atoms with Gasteiger partial charge in [-0.2, -0.15) is 0 Å². The van der Waals surface area contributed by atoms with E-state index in [1.54, 1.807) is 19.2 Å². The maximum atomic E-state index is 11.2. The number of anilines is 1. The molecule has 2 rings (SSSR count). The molecule has 1 amide bonds. The highest BCUT2D eigenvalue weighted by Crippen LogP contribution is 2.14. The second-order valence-corrected chi connectivity index (χ2v) is 2.93. The molecule has 0 saturated carbocycles. The SMILES string of the molecule is CCOC(=O)Nc1cccn2ccnc12. The number of ether oxygens (including phenoxy) is 1. The molecule has 0 fully saturated rings. The molecule has 0 aliphatic carbocycles. The van der Waals surface area contributed by atoms with Crippen molar-refractivity contribution >= 4 is 17.4 Å². The summed E-state index contributed by atoms with van der Waals surface area (Å²) in [6, 6.07) is 3.61. The Bertz CT molecular complexity index is 478. The minimum Gasteiger partial charge on any atom is -0.450 e. The van der Waals surface area contributed by atoms with E-state index in [0.717, 1.165) is 0 Å². The van der Waals surface area contributed by atoms with Gasteiger partial charge in [-0.05, 0) is 19.1 Å². The smallest absolute Gasteiger partial charge is 0.411 e. The minimum absolute atomic E-state index is 0.351. The van der Waals surface area contributed by atoms with Crippen molar-refractivity contribution in [1.82, 2.24) is 9.38 Å². The van der Waals surface area contributed by atoms with Crippen LogP contribution in [-0.2, 0) is 4.74 Å². The first kappa shape index (κ1) is 9.51. The number of carbonyl (C=O) groups is 1. The van der Waals surface area contributed by atoms with Gasteiger partial charge in [0.25, 0.3) is 0 Å². The van der Waals surface area contributed by atoms with E-state index < -0.39 is 6.09 Å². The number of imidazole rings is 1. The highest BCUT2D eigenvalue weighted by Gasteiger charge is 2.06. The standard InChI is InChI=1S/C10H11N3O2/c1-2-15-10(14)12-8-4-3-6-13-7-5-11-9(8)13/h3-7H,2H2,1H3,(H,12,14).